The predicted molar refractivity (Wildman–Crippen MR) is 66.4 cm³/mol. The smallest absolute Gasteiger partial charge is 0.242 e. The third kappa shape index (κ3) is 2.81. The van der Waals surface area contributed by atoms with Gasteiger partial charge in [0.15, 0.2) is 0 Å². The molecule has 8 heteroatoms. The van der Waals surface area contributed by atoms with Gasteiger partial charge in [0.05, 0.1) is 17.3 Å². The molecule has 0 bridgehead atoms. The molecule has 1 aromatic carbocycles. The van der Waals surface area contributed by atoms with Crippen molar-refractivity contribution < 1.29 is 12.9 Å². The SMILES string of the molecule is Nc1ccc(Cl)c(S(=O)(=O)NCc2ccon2)c1. The Kier molecular flexibility index (Phi) is 3.55. The van der Waals surface area contributed by atoms with E-state index < -0.39 is 10.0 Å². The van der Waals surface area contributed by atoms with E-state index in [0.29, 0.717) is 11.4 Å². The van der Waals surface area contributed by atoms with Crippen molar-refractivity contribution in [1.29, 1.82) is 0 Å². The van der Waals surface area contributed by atoms with Crippen LogP contribution in [0.25, 0.3) is 0 Å². The number of sulfonamides is 1. The van der Waals surface area contributed by atoms with Gasteiger partial charge >= 0.3 is 0 Å². The average molecular weight is 288 g/mol. The number of benzene rings is 1. The Morgan fingerprint density at radius 1 is 1.39 bits per heavy atom. The van der Waals surface area contributed by atoms with Crippen LogP contribution in [0.1, 0.15) is 5.69 Å². The fourth-order valence-corrected chi connectivity index (χ4v) is 2.83. The molecule has 0 aliphatic heterocycles. The van der Waals surface area contributed by atoms with Gasteiger partial charge in [-0.3, -0.25) is 0 Å². The Hall–Kier alpha value is -1.57. The van der Waals surface area contributed by atoms with E-state index >= 15 is 0 Å². The molecule has 0 amide bonds. The highest BCUT2D eigenvalue weighted by Crippen LogP contribution is 2.23. The Morgan fingerprint density at radius 3 is 2.83 bits per heavy atom. The maximum atomic E-state index is 12.0. The minimum absolute atomic E-state index is 0.0178. The van der Waals surface area contributed by atoms with E-state index in [1.807, 2.05) is 0 Å². The van der Waals surface area contributed by atoms with Crippen molar-refractivity contribution in [1.82, 2.24) is 9.88 Å². The molecule has 0 aliphatic rings. The van der Waals surface area contributed by atoms with Crippen LogP contribution in [0.5, 0.6) is 0 Å². The van der Waals surface area contributed by atoms with Crippen molar-refractivity contribution in [2.75, 3.05) is 5.73 Å². The van der Waals surface area contributed by atoms with Gasteiger partial charge in [0.2, 0.25) is 10.0 Å². The van der Waals surface area contributed by atoms with Gasteiger partial charge in [-0.2, -0.15) is 0 Å². The highest BCUT2D eigenvalue weighted by atomic mass is 35.5. The molecular formula is C10H10ClN3O3S. The average Bonchev–Trinajstić information content (AvgIpc) is 2.83. The molecule has 0 atom stereocenters. The second-order valence-corrected chi connectivity index (χ2v) is 5.65. The Balaban J connectivity index is 2.22. The van der Waals surface area contributed by atoms with E-state index in [2.05, 4.69) is 14.4 Å². The number of rotatable bonds is 4. The summed E-state index contributed by atoms with van der Waals surface area (Å²) in [4.78, 5) is -0.0624. The zero-order chi connectivity index (χ0) is 13.2. The summed E-state index contributed by atoms with van der Waals surface area (Å²) in [6.07, 6.45) is 1.36. The zero-order valence-electron chi connectivity index (χ0n) is 9.13. The zero-order valence-corrected chi connectivity index (χ0v) is 10.7. The first-order chi connectivity index (χ1) is 8.49. The van der Waals surface area contributed by atoms with Gasteiger partial charge in [-0.15, -0.1) is 0 Å². The summed E-state index contributed by atoms with van der Waals surface area (Å²) in [7, 11) is -3.73. The maximum Gasteiger partial charge on any atom is 0.242 e. The van der Waals surface area contributed by atoms with Gasteiger partial charge < -0.3 is 10.3 Å². The third-order valence-electron chi connectivity index (χ3n) is 2.18. The topological polar surface area (TPSA) is 98.2 Å². The first-order valence-corrected chi connectivity index (χ1v) is 6.79. The van der Waals surface area contributed by atoms with E-state index in [-0.39, 0.29) is 16.5 Å². The second kappa shape index (κ2) is 4.97. The lowest BCUT2D eigenvalue weighted by Gasteiger charge is -2.07. The van der Waals surface area contributed by atoms with Gasteiger partial charge in [0.25, 0.3) is 0 Å². The summed E-state index contributed by atoms with van der Waals surface area (Å²) in [5.41, 5.74) is 6.33. The van der Waals surface area contributed by atoms with Crippen LogP contribution in [-0.2, 0) is 16.6 Å². The number of nitrogen functional groups attached to an aromatic ring is 1. The molecule has 0 saturated heterocycles. The van der Waals surface area contributed by atoms with Crippen molar-refractivity contribution in [3.05, 3.63) is 41.2 Å². The molecule has 1 aromatic heterocycles. The van der Waals surface area contributed by atoms with Gasteiger partial charge in [-0.1, -0.05) is 16.8 Å². The molecule has 0 aliphatic carbocycles. The highest BCUT2D eigenvalue weighted by molar-refractivity contribution is 7.89. The van der Waals surface area contributed by atoms with E-state index in [1.165, 1.54) is 24.5 Å². The summed E-state index contributed by atoms with van der Waals surface area (Å²) in [6, 6.07) is 5.82. The number of nitrogens with zero attached hydrogens (tertiary/aromatic N) is 1. The van der Waals surface area contributed by atoms with E-state index in [1.54, 1.807) is 6.07 Å². The lowest BCUT2D eigenvalue weighted by Crippen LogP contribution is -2.23. The minimum atomic E-state index is -3.73. The molecule has 0 fully saturated rings. The van der Waals surface area contributed by atoms with Crippen LogP contribution in [0, 0.1) is 0 Å². The Bertz CT molecular complexity index is 640. The molecule has 0 radical (unpaired) electrons. The Labute approximate surface area is 109 Å². The number of nitrogens with two attached hydrogens (primary N) is 1. The van der Waals surface area contributed by atoms with E-state index in [4.69, 9.17) is 17.3 Å². The summed E-state index contributed by atoms with van der Waals surface area (Å²) >= 11 is 5.83. The van der Waals surface area contributed by atoms with Crippen molar-refractivity contribution in [3.8, 4) is 0 Å². The maximum absolute atomic E-state index is 12.0. The molecule has 0 unspecified atom stereocenters. The first kappa shape index (κ1) is 12.9. The van der Waals surface area contributed by atoms with Crippen LogP contribution in [0.2, 0.25) is 5.02 Å². The molecule has 6 nitrogen and oxygen atoms in total. The highest BCUT2D eigenvalue weighted by Gasteiger charge is 2.18. The number of hydrogen-bond donors (Lipinski definition) is 2. The fourth-order valence-electron chi connectivity index (χ4n) is 1.30. The van der Waals surface area contributed by atoms with Crippen LogP contribution in [0.4, 0.5) is 5.69 Å². The van der Waals surface area contributed by atoms with Gasteiger partial charge in [0, 0.05) is 11.8 Å². The standard InChI is InChI=1S/C10H10ClN3O3S/c11-9-2-1-7(12)5-10(9)18(15,16)13-6-8-3-4-17-14-8/h1-5,13H,6,12H2. The number of anilines is 1. The molecule has 18 heavy (non-hydrogen) atoms. The predicted octanol–water partition coefficient (Wildman–Crippen LogP) is 1.39. The van der Waals surface area contributed by atoms with Crippen LogP contribution < -0.4 is 10.5 Å². The number of halogens is 1. The third-order valence-corrected chi connectivity index (χ3v) is 4.06. The molecule has 2 aromatic rings. The van der Waals surface area contributed by atoms with Gasteiger partial charge in [0.1, 0.15) is 11.2 Å². The van der Waals surface area contributed by atoms with Crippen LogP contribution in [0.3, 0.4) is 0 Å². The van der Waals surface area contributed by atoms with Crippen LogP contribution in [-0.4, -0.2) is 13.6 Å². The number of hydrogen-bond acceptors (Lipinski definition) is 5. The largest absolute Gasteiger partial charge is 0.399 e. The van der Waals surface area contributed by atoms with Crippen molar-refractivity contribution in [2.45, 2.75) is 11.4 Å². The molecule has 96 valence electrons. The van der Waals surface area contributed by atoms with Crippen molar-refractivity contribution in [2.24, 2.45) is 0 Å². The van der Waals surface area contributed by atoms with E-state index in [9.17, 15) is 8.42 Å². The molecular weight excluding hydrogens is 278 g/mol. The summed E-state index contributed by atoms with van der Waals surface area (Å²) in [5.74, 6) is 0. The normalized spacial score (nSPS) is 11.6. The number of nitrogens with one attached hydrogen (secondary N) is 1. The number of aromatic nitrogens is 1. The summed E-state index contributed by atoms with van der Waals surface area (Å²) < 4.78 is 30.9. The lowest BCUT2D eigenvalue weighted by molar-refractivity contribution is 0.411. The van der Waals surface area contributed by atoms with Crippen molar-refractivity contribution in [3.63, 3.8) is 0 Å². The molecule has 0 spiro atoms. The Morgan fingerprint density at radius 2 is 2.17 bits per heavy atom. The molecule has 2 rings (SSSR count). The van der Waals surface area contributed by atoms with E-state index in [0.717, 1.165) is 0 Å². The molecule has 0 saturated carbocycles. The molecule has 1 heterocycles. The lowest BCUT2D eigenvalue weighted by atomic mass is 10.3. The van der Waals surface area contributed by atoms with Crippen LogP contribution in [0.15, 0.2) is 39.9 Å². The fraction of sp³-hybridized carbons (Fsp3) is 0.100. The van der Waals surface area contributed by atoms with Gasteiger partial charge in [-0.25, -0.2) is 13.1 Å². The quantitative estimate of drug-likeness (QED) is 0.828. The molecule has 3 N–H and O–H groups in total. The minimum Gasteiger partial charge on any atom is -0.399 e. The summed E-state index contributed by atoms with van der Waals surface area (Å²) in [6.45, 7) is 0.0178. The first-order valence-electron chi connectivity index (χ1n) is 4.93. The monoisotopic (exact) mass is 287 g/mol. The van der Waals surface area contributed by atoms with Crippen LogP contribution >= 0.6 is 11.6 Å². The summed E-state index contributed by atoms with van der Waals surface area (Å²) in [5, 5.41) is 3.70. The second-order valence-electron chi connectivity index (χ2n) is 3.51. The van der Waals surface area contributed by atoms with Gasteiger partial charge in [-0.05, 0) is 18.2 Å². The van der Waals surface area contributed by atoms with Crippen molar-refractivity contribution >= 4 is 27.3 Å².